The van der Waals surface area contributed by atoms with E-state index < -0.39 is 5.60 Å². The maximum atomic E-state index is 12.4. The number of aromatic nitrogens is 2. The van der Waals surface area contributed by atoms with Gasteiger partial charge >= 0.3 is 0 Å². The molecule has 2 aromatic rings. The molecule has 0 saturated carbocycles. The zero-order valence-electron chi connectivity index (χ0n) is 14.1. The topological polar surface area (TPSA) is 76.4 Å². The van der Waals surface area contributed by atoms with Gasteiger partial charge in [0.25, 0.3) is 5.91 Å². The quantitative estimate of drug-likeness (QED) is 0.896. The van der Waals surface area contributed by atoms with Gasteiger partial charge in [0, 0.05) is 38.3 Å². The number of hydrogen-bond acceptors (Lipinski definition) is 4. The number of nitrogens with one attached hydrogen (secondary N) is 1. The van der Waals surface area contributed by atoms with Gasteiger partial charge in [-0.2, -0.15) is 5.10 Å². The summed E-state index contributed by atoms with van der Waals surface area (Å²) in [6.07, 6.45) is 1.06. The highest BCUT2D eigenvalue weighted by Crippen LogP contribution is 2.19. The van der Waals surface area contributed by atoms with Gasteiger partial charge in [-0.05, 0) is 32.0 Å². The molecule has 0 atom stereocenters. The van der Waals surface area contributed by atoms with Crippen LogP contribution in [-0.2, 0) is 4.74 Å². The van der Waals surface area contributed by atoms with E-state index in [1.807, 2.05) is 38.1 Å². The monoisotopic (exact) mass is 329 g/mol. The molecule has 3 rings (SSSR count). The van der Waals surface area contributed by atoms with E-state index in [0.29, 0.717) is 31.7 Å². The minimum atomic E-state index is -0.886. The fourth-order valence-electron chi connectivity index (χ4n) is 2.80. The van der Waals surface area contributed by atoms with Crippen molar-refractivity contribution < 1.29 is 14.6 Å². The first-order valence-electron chi connectivity index (χ1n) is 8.19. The Hall–Kier alpha value is -2.18. The van der Waals surface area contributed by atoms with Crippen LogP contribution in [-0.4, -0.2) is 46.2 Å². The van der Waals surface area contributed by atoms with Crippen molar-refractivity contribution in [3.8, 4) is 5.69 Å². The van der Waals surface area contributed by atoms with Crippen LogP contribution >= 0.6 is 0 Å². The number of benzene rings is 1. The van der Waals surface area contributed by atoms with Crippen molar-refractivity contribution in [2.24, 2.45) is 0 Å². The summed E-state index contributed by atoms with van der Waals surface area (Å²) >= 11 is 0. The van der Waals surface area contributed by atoms with E-state index in [2.05, 4.69) is 10.4 Å². The molecule has 0 unspecified atom stereocenters. The van der Waals surface area contributed by atoms with Gasteiger partial charge in [-0.1, -0.05) is 17.7 Å². The summed E-state index contributed by atoms with van der Waals surface area (Å²) in [5.74, 6) is -0.274. The van der Waals surface area contributed by atoms with E-state index >= 15 is 0 Å². The summed E-state index contributed by atoms with van der Waals surface area (Å²) in [5.41, 5.74) is 2.44. The minimum absolute atomic E-state index is 0.214. The van der Waals surface area contributed by atoms with Crippen LogP contribution in [0.3, 0.4) is 0 Å². The molecular formula is C18H23N3O3. The predicted octanol–water partition coefficient (Wildman–Crippen LogP) is 1.76. The van der Waals surface area contributed by atoms with Gasteiger partial charge in [0.15, 0.2) is 5.69 Å². The number of amides is 1. The Labute approximate surface area is 141 Å². The molecule has 1 amide bonds. The van der Waals surface area contributed by atoms with Gasteiger partial charge in [-0.3, -0.25) is 4.79 Å². The number of carbonyl (C=O) groups is 1. The number of nitrogens with zero attached hydrogens (tertiary/aromatic N) is 2. The van der Waals surface area contributed by atoms with E-state index in [4.69, 9.17) is 4.74 Å². The molecule has 2 heterocycles. The van der Waals surface area contributed by atoms with Gasteiger partial charge in [-0.25, -0.2) is 4.68 Å². The molecule has 2 N–H and O–H groups in total. The lowest BCUT2D eigenvalue weighted by molar-refractivity contribution is -0.0605. The van der Waals surface area contributed by atoms with Crippen LogP contribution in [0, 0.1) is 13.8 Å². The molecule has 1 aromatic heterocycles. The third-order valence-electron chi connectivity index (χ3n) is 4.40. The summed E-state index contributed by atoms with van der Waals surface area (Å²) in [7, 11) is 0. The molecule has 0 bridgehead atoms. The fourth-order valence-corrected chi connectivity index (χ4v) is 2.80. The minimum Gasteiger partial charge on any atom is -0.388 e. The van der Waals surface area contributed by atoms with Crippen molar-refractivity contribution in [2.75, 3.05) is 19.8 Å². The van der Waals surface area contributed by atoms with E-state index in [9.17, 15) is 9.90 Å². The number of rotatable bonds is 4. The first kappa shape index (κ1) is 16.7. The molecule has 1 aliphatic rings. The van der Waals surface area contributed by atoms with Crippen LogP contribution in [0.5, 0.6) is 0 Å². The Morgan fingerprint density at radius 2 is 1.96 bits per heavy atom. The van der Waals surface area contributed by atoms with Gasteiger partial charge in [0.05, 0.1) is 11.3 Å². The average Bonchev–Trinajstić information content (AvgIpc) is 2.96. The van der Waals surface area contributed by atoms with E-state index in [0.717, 1.165) is 11.4 Å². The summed E-state index contributed by atoms with van der Waals surface area (Å²) in [5, 5.41) is 17.6. The molecule has 0 aliphatic carbocycles. The zero-order chi connectivity index (χ0) is 17.2. The summed E-state index contributed by atoms with van der Waals surface area (Å²) < 4.78 is 6.99. The molecule has 1 saturated heterocycles. The summed E-state index contributed by atoms with van der Waals surface area (Å²) in [6, 6.07) is 9.72. The number of hydrogen-bond donors (Lipinski definition) is 2. The van der Waals surface area contributed by atoms with Crippen molar-refractivity contribution >= 4 is 5.91 Å². The lowest BCUT2D eigenvalue weighted by Gasteiger charge is -2.31. The molecular weight excluding hydrogens is 306 g/mol. The second kappa shape index (κ2) is 6.75. The molecule has 128 valence electrons. The molecule has 1 aromatic carbocycles. The Kier molecular flexibility index (Phi) is 4.69. The van der Waals surface area contributed by atoms with E-state index in [1.165, 1.54) is 5.56 Å². The highest BCUT2D eigenvalue weighted by molar-refractivity contribution is 5.92. The lowest BCUT2D eigenvalue weighted by atomic mass is 9.94. The SMILES string of the molecule is Cc1ccc(-n2nc(C(=O)NCC3(O)CCOCC3)cc2C)cc1. The van der Waals surface area contributed by atoms with Crippen molar-refractivity contribution in [2.45, 2.75) is 32.3 Å². The normalized spacial score (nSPS) is 16.8. The molecule has 24 heavy (non-hydrogen) atoms. The highest BCUT2D eigenvalue weighted by Gasteiger charge is 2.30. The highest BCUT2D eigenvalue weighted by atomic mass is 16.5. The Bertz CT molecular complexity index is 716. The van der Waals surface area contributed by atoms with Crippen LogP contribution in [0.2, 0.25) is 0 Å². The lowest BCUT2D eigenvalue weighted by Crippen LogP contribution is -2.46. The average molecular weight is 329 g/mol. The first-order chi connectivity index (χ1) is 11.5. The fraction of sp³-hybridized carbons (Fsp3) is 0.444. The van der Waals surface area contributed by atoms with Crippen LogP contribution in [0.25, 0.3) is 5.69 Å². The third-order valence-corrected chi connectivity index (χ3v) is 4.40. The van der Waals surface area contributed by atoms with Crippen LogP contribution in [0.4, 0.5) is 0 Å². The number of carbonyl (C=O) groups excluding carboxylic acids is 1. The molecule has 6 nitrogen and oxygen atoms in total. The van der Waals surface area contributed by atoms with E-state index in [1.54, 1.807) is 10.7 Å². The Morgan fingerprint density at radius 1 is 1.29 bits per heavy atom. The van der Waals surface area contributed by atoms with Gasteiger partial charge in [-0.15, -0.1) is 0 Å². The molecule has 1 fully saturated rings. The second-order valence-corrected chi connectivity index (χ2v) is 6.44. The van der Waals surface area contributed by atoms with Crippen molar-refractivity contribution in [3.63, 3.8) is 0 Å². The van der Waals surface area contributed by atoms with Crippen molar-refractivity contribution in [1.29, 1.82) is 0 Å². The van der Waals surface area contributed by atoms with Crippen LogP contribution < -0.4 is 5.32 Å². The standard InChI is InChI=1S/C18H23N3O3/c1-13-3-5-15(6-4-13)21-14(2)11-16(20-21)17(22)19-12-18(23)7-9-24-10-8-18/h3-6,11,23H,7-10,12H2,1-2H3,(H,19,22). The molecule has 6 heteroatoms. The maximum absolute atomic E-state index is 12.4. The van der Waals surface area contributed by atoms with Gasteiger partial charge in [0.1, 0.15) is 0 Å². The molecule has 0 spiro atoms. The number of aryl methyl sites for hydroxylation is 2. The molecule has 0 radical (unpaired) electrons. The summed E-state index contributed by atoms with van der Waals surface area (Å²) in [4.78, 5) is 12.4. The van der Waals surface area contributed by atoms with E-state index in [-0.39, 0.29) is 12.5 Å². The number of aliphatic hydroxyl groups is 1. The zero-order valence-corrected chi connectivity index (χ0v) is 14.1. The maximum Gasteiger partial charge on any atom is 0.271 e. The molecule has 1 aliphatic heterocycles. The van der Waals surface area contributed by atoms with Gasteiger partial charge in [0.2, 0.25) is 0 Å². The Morgan fingerprint density at radius 3 is 2.62 bits per heavy atom. The van der Waals surface area contributed by atoms with Crippen molar-refractivity contribution in [1.82, 2.24) is 15.1 Å². The first-order valence-corrected chi connectivity index (χ1v) is 8.19. The predicted molar refractivity (Wildman–Crippen MR) is 90.4 cm³/mol. The largest absolute Gasteiger partial charge is 0.388 e. The number of ether oxygens (including phenoxy) is 1. The smallest absolute Gasteiger partial charge is 0.271 e. The Balaban J connectivity index is 1.69. The van der Waals surface area contributed by atoms with Crippen LogP contribution in [0.1, 0.15) is 34.6 Å². The van der Waals surface area contributed by atoms with Gasteiger partial charge < -0.3 is 15.2 Å². The van der Waals surface area contributed by atoms with Crippen molar-refractivity contribution in [3.05, 3.63) is 47.3 Å². The summed E-state index contributed by atoms with van der Waals surface area (Å²) in [6.45, 7) is 5.20. The third kappa shape index (κ3) is 3.66. The van der Waals surface area contributed by atoms with Crippen LogP contribution in [0.15, 0.2) is 30.3 Å². The second-order valence-electron chi connectivity index (χ2n) is 6.44.